The Morgan fingerprint density at radius 1 is 1.35 bits per heavy atom. The van der Waals surface area contributed by atoms with Crippen molar-refractivity contribution in [3.8, 4) is 0 Å². The zero-order valence-corrected chi connectivity index (χ0v) is 14.0. The van der Waals surface area contributed by atoms with E-state index < -0.39 is 10.0 Å². The van der Waals surface area contributed by atoms with Gasteiger partial charge in [-0.05, 0) is 37.5 Å². The Morgan fingerprint density at radius 2 is 2.00 bits per heavy atom. The van der Waals surface area contributed by atoms with Crippen LogP contribution in [0.4, 0.5) is 0 Å². The fourth-order valence-electron chi connectivity index (χ4n) is 2.01. The maximum atomic E-state index is 12.4. The Kier molecular flexibility index (Phi) is 5.00. The highest BCUT2D eigenvalue weighted by molar-refractivity contribution is 7.91. The number of thiophene rings is 1. The van der Waals surface area contributed by atoms with Gasteiger partial charge in [0.05, 0.1) is 0 Å². The molecule has 0 amide bonds. The molecule has 112 valence electrons. The van der Waals surface area contributed by atoms with Crippen molar-refractivity contribution >= 4 is 38.7 Å². The quantitative estimate of drug-likeness (QED) is 0.846. The van der Waals surface area contributed by atoms with E-state index in [1.807, 2.05) is 18.7 Å². The van der Waals surface area contributed by atoms with Gasteiger partial charge in [0.2, 0.25) is 0 Å². The van der Waals surface area contributed by atoms with Gasteiger partial charge in [-0.2, -0.15) is 4.31 Å². The molecule has 2 heterocycles. The molecule has 1 aromatic rings. The Bertz CT molecular complexity index is 547. The SMILES string of the molecule is CC(C)NC(=S)N1CCN(S(=O)(=O)c2cccs2)CC1. The van der Waals surface area contributed by atoms with Gasteiger partial charge >= 0.3 is 0 Å². The summed E-state index contributed by atoms with van der Waals surface area (Å²) in [6.07, 6.45) is 0. The summed E-state index contributed by atoms with van der Waals surface area (Å²) >= 11 is 6.57. The van der Waals surface area contributed by atoms with E-state index in [1.165, 1.54) is 15.6 Å². The Balaban J connectivity index is 1.96. The fraction of sp³-hybridized carbons (Fsp3) is 0.583. The molecule has 0 saturated carbocycles. The lowest BCUT2D eigenvalue weighted by atomic mass is 10.3. The van der Waals surface area contributed by atoms with Crippen LogP contribution >= 0.6 is 23.6 Å². The summed E-state index contributed by atoms with van der Waals surface area (Å²) < 4.78 is 26.7. The van der Waals surface area contributed by atoms with Crippen LogP contribution in [-0.2, 0) is 10.0 Å². The number of rotatable bonds is 3. The Labute approximate surface area is 129 Å². The minimum absolute atomic E-state index is 0.287. The third-order valence-electron chi connectivity index (χ3n) is 3.03. The van der Waals surface area contributed by atoms with Gasteiger partial charge < -0.3 is 10.2 Å². The number of nitrogens with zero attached hydrogens (tertiary/aromatic N) is 2. The first kappa shape index (κ1) is 15.7. The number of hydrogen-bond acceptors (Lipinski definition) is 4. The summed E-state index contributed by atoms with van der Waals surface area (Å²) in [7, 11) is -3.33. The molecule has 20 heavy (non-hydrogen) atoms. The predicted octanol–water partition coefficient (Wildman–Crippen LogP) is 1.34. The lowest BCUT2D eigenvalue weighted by Crippen LogP contribution is -2.53. The van der Waals surface area contributed by atoms with Crippen molar-refractivity contribution in [1.29, 1.82) is 0 Å². The number of sulfonamides is 1. The summed E-state index contributed by atoms with van der Waals surface area (Å²) in [5, 5.41) is 5.67. The molecule has 0 bridgehead atoms. The van der Waals surface area contributed by atoms with Crippen molar-refractivity contribution in [1.82, 2.24) is 14.5 Å². The van der Waals surface area contributed by atoms with Gasteiger partial charge in [0.25, 0.3) is 10.0 Å². The van der Waals surface area contributed by atoms with E-state index in [4.69, 9.17) is 12.2 Å². The van der Waals surface area contributed by atoms with Gasteiger partial charge in [0.1, 0.15) is 4.21 Å². The first-order valence-corrected chi connectivity index (χ1v) is 9.23. The number of piperazine rings is 1. The fourth-order valence-corrected chi connectivity index (χ4v) is 4.99. The van der Waals surface area contributed by atoms with Gasteiger partial charge in [0.15, 0.2) is 5.11 Å². The molecule has 8 heteroatoms. The van der Waals surface area contributed by atoms with Crippen LogP contribution in [0.3, 0.4) is 0 Å². The van der Waals surface area contributed by atoms with Gasteiger partial charge in [-0.1, -0.05) is 6.07 Å². The van der Waals surface area contributed by atoms with E-state index >= 15 is 0 Å². The van der Waals surface area contributed by atoms with Crippen LogP contribution in [-0.4, -0.2) is 55.0 Å². The second-order valence-electron chi connectivity index (χ2n) is 4.93. The highest BCUT2D eigenvalue weighted by Gasteiger charge is 2.29. The third-order valence-corrected chi connectivity index (χ3v) is 6.67. The second-order valence-corrected chi connectivity index (χ2v) is 8.43. The largest absolute Gasteiger partial charge is 0.360 e. The molecule has 0 radical (unpaired) electrons. The normalized spacial score (nSPS) is 17.4. The highest BCUT2D eigenvalue weighted by Crippen LogP contribution is 2.21. The summed E-state index contributed by atoms with van der Waals surface area (Å²) in [5.41, 5.74) is 0. The second kappa shape index (κ2) is 6.38. The lowest BCUT2D eigenvalue weighted by Gasteiger charge is -2.35. The van der Waals surface area contributed by atoms with Gasteiger partial charge in [-0.25, -0.2) is 8.42 Å². The van der Waals surface area contributed by atoms with Crippen molar-refractivity contribution < 1.29 is 8.42 Å². The van der Waals surface area contributed by atoms with Crippen molar-refractivity contribution in [2.24, 2.45) is 0 Å². The first-order valence-electron chi connectivity index (χ1n) is 6.50. The van der Waals surface area contributed by atoms with Crippen molar-refractivity contribution in [2.45, 2.75) is 24.1 Å². The van der Waals surface area contributed by atoms with Crippen molar-refractivity contribution in [3.05, 3.63) is 17.5 Å². The van der Waals surface area contributed by atoms with Gasteiger partial charge in [-0.3, -0.25) is 0 Å². The van der Waals surface area contributed by atoms with Crippen LogP contribution in [0.2, 0.25) is 0 Å². The van der Waals surface area contributed by atoms with E-state index in [2.05, 4.69) is 5.32 Å². The van der Waals surface area contributed by atoms with E-state index in [9.17, 15) is 8.42 Å². The zero-order chi connectivity index (χ0) is 14.8. The maximum Gasteiger partial charge on any atom is 0.252 e. The highest BCUT2D eigenvalue weighted by atomic mass is 32.2. The molecule has 1 N–H and O–H groups in total. The topological polar surface area (TPSA) is 52.6 Å². The Hall–Kier alpha value is -0.700. The molecule has 1 aromatic heterocycles. The molecule has 0 aliphatic carbocycles. The smallest absolute Gasteiger partial charge is 0.252 e. The predicted molar refractivity (Wildman–Crippen MR) is 85.5 cm³/mol. The number of thiocarbonyl (C=S) groups is 1. The molecular weight excluding hydrogens is 314 g/mol. The van der Waals surface area contributed by atoms with Gasteiger partial charge in [-0.15, -0.1) is 11.3 Å². The van der Waals surface area contributed by atoms with Crippen LogP contribution in [0.15, 0.2) is 21.7 Å². The molecule has 2 rings (SSSR count). The van der Waals surface area contributed by atoms with Crippen LogP contribution in [0.25, 0.3) is 0 Å². The van der Waals surface area contributed by atoms with Crippen molar-refractivity contribution in [3.63, 3.8) is 0 Å². The summed E-state index contributed by atoms with van der Waals surface area (Å²) in [6, 6.07) is 3.70. The van der Waals surface area contributed by atoms with E-state index in [1.54, 1.807) is 17.5 Å². The van der Waals surface area contributed by atoms with Crippen molar-refractivity contribution in [2.75, 3.05) is 26.2 Å². The summed E-state index contributed by atoms with van der Waals surface area (Å²) in [6.45, 7) is 6.26. The average Bonchev–Trinajstić information content (AvgIpc) is 2.92. The Morgan fingerprint density at radius 3 is 2.50 bits per heavy atom. The molecule has 0 spiro atoms. The monoisotopic (exact) mass is 333 g/mol. The molecule has 1 saturated heterocycles. The molecule has 0 atom stereocenters. The molecule has 5 nitrogen and oxygen atoms in total. The van der Waals surface area contributed by atoms with Crippen LogP contribution in [0, 0.1) is 0 Å². The average molecular weight is 334 g/mol. The van der Waals surface area contributed by atoms with E-state index in [0.717, 1.165) is 0 Å². The molecule has 0 aromatic carbocycles. The third kappa shape index (κ3) is 3.49. The maximum absolute atomic E-state index is 12.4. The molecule has 1 fully saturated rings. The minimum atomic E-state index is -3.33. The van der Waals surface area contributed by atoms with Gasteiger partial charge in [0, 0.05) is 32.2 Å². The zero-order valence-electron chi connectivity index (χ0n) is 11.6. The van der Waals surface area contributed by atoms with Crippen LogP contribution < -0.4 is 5.32 Å². The molecule has 0 unspecified atom stereocenters. The molecule has 1 aliphatic rings. The summed E-state index contributed by atoms with van der Waals surface area (Å²) in [4.78, 5) is 2.02. The van der Waals surface area contributed by atoms with E-state index in [0.29, 0.717) is 35.5 Å². The minimum Gasteiger partial charge on any atom is -0.360 e. The first-order chi connectivity index (χ1) is 9.41. The number of nitrogens with one attached hydrogen (secondary N) is 1. The standard InChI is InChI=1S/C12H19N3O2S3/c1-10(2)13-12(18)14-5-7-15(8-6-14)20(16,17)11-4-3-9-19-11/h3-4,9-10H,5-8H2,1-2H3,(H,13,18). The van der Waals surface area contributed by atoms with E-state index in [-0.39, 0.29) is 6.04 Å². The van der Waals surface area contributed by atoms with Crippen LogP contribution in [0.5, 0.6) is 0 Å². The number of hydrogen-bond donors (Lipinski definition) is 1. The molecule has 1 aliphatic heterocycles. The molecular formula is C12H19N3O2S3. The summed E-state index contributed by atoms with van der Waals surface area (Å²) in [5.74, 6) is 0. The lowest BCUT2D eigenvalue weighted by molar-refractivity contribution is 0.263. The van der Waals surface area contributed by atoms with Crippen LogP contribution in [0.1, 0.15) is 13.8 Å².